The van der Waals surface area contributed by atoms with Gasteiger partial charge in [-0.3, -0.25) is 9.59 Å². The number of nitrogens with zero attached hydrogens (tertiary/aromatic N) is 1. The van der Waals surface area contributed by atoms with Gasteiger partial charge in [0.1, 0.15) is 23.4 Å². The van der Waals surface area contributed by atoms with Crippen molar-refractivity contribution in [1.82, 2.24) is 10.2 Å². The lowest BCUT2D eigenvalue weighted by molar-refractivity contribution is -0.140. The number of amides is 3. The van der Waals surface area contributed by atoms with Gasteiger partial charge in [0.05, 0.1) is 0 Å². The molecule has 3 aromatic carbocycles. The van der Waals surface area contributed by atoms with Crippen LogP contribution >= 0.6 is 0 Å². The summed E-state index contributed by atoms with van der Waals surface area (Å²) < 4.78 is 5.28. The molecule has 0 spiro atoms. The van der Waals surface area contributed by atoms with E-state index < -0.39 is 35.6 Å². The second kappa shape index (κ2) is 11.3. The van der Waals surface area contributed by atoms with Crippen LogP contribution in [-0.4, -0.2) is 46.1 Å². The Morgan fingerprint density at radius 3 is 2.30 bits per heavy atom. The smallest absolute Gasteiger partial charge is 0.408 e. The van der Waals surface area contributed by atoms with Gasteiger partial charge in [-0.2, -0.15) is 0 Å². The lowest BCUT2D eigenvalue weighted by atomic mass is 10.00. The predicted octanol–water partition coefficient (Wildman–Crippen LogP) is 5.30. The summed E-state index contributed by atoms with van der Waals surface area (Å²) in [7, 11) is 0. The number of hydrogen-bond acceptors (Lipinski definition) is 5. The molecular formula is C29H35N3O5. The molecule has 0 radical (unpaired) electrons. The number of aromatic hydroxyl groups is 1. The van der Waals surface area contributed by atoms with Crippen molar-refractivity contribution in [2.24, 2.45) is 0 Å². The van der Waals surface area contributed by atoms with E-state index in [4.69, 9.17) is 4.74 Å². The van der Waals surface area contributed by atoms with Gasteiger partial charge in [0.2, 0.25) is 5.91 Å². The molecule has 0 aliphatic rings. The number of anilines is 1. The van der Waals surface area contributed by atoms with Gasteiger partial charge in [0.25, 0.3) is 5.91 Å². The highest BCUT2D eigenvalue weighted by molar-refractivity contribution is 6.00. The lowest BCUT2D eigenvalue weighted by Crippen LogP contribution is -2.51. The summed E-state index contributed by atoms with van der Waals surface area (Å²) in [6.07, 6.45) is -0.720. The number of carbonyl (C=O) groups excluding carboxylic acids is 3. The number of phenols is 1. The summed E-state index contributed by atoms with van der Waals surface area (Å²) in [5, 5.41) is 17.6. The Balaban J connectivity index is 1.92. The first-order valence-corrected chi connectivity index (χ1v) is 12.3. The molecule has 0 aliphatic carbocycles. The van der Waals surface area contributed by atoms with E-state index in [1.165, 1.54) is 11.0 Å². The van der Waals surface area contributed by atoms with Gasteiger partial charge < -0.3 is 25.4 Å². The van der Waals surface area contributed by atoms with E-state index in [1.54, 1.807) is 53.7 Å². The van der Waals surface area contributed by atoms with E-state index in [2.05, 4.69) is 10.6 Å². The molecule has 0 fully saturated rings. The Morgan fingerprint density at radius 1 is 1.00 bits per heavy atom. The van der Waals surface area contributed by atoms with E-state index in [0.29, 0.717) is 16.8 Å². The number of rotatable bonds is 7. The summed E-state index contributed by atoms with van der Waals surface area (Å²) in [4.78, 5) is 40.9. The van der Waals surface area contributed by atoms with Crippen LogP contribution in [0.15, 0.2) is 60.7 Å². The fourth-order valence-electron chi connectivity index (χ4n) is 4.06. The highest BCUT2D eigenvalue weighted by atomic mass is 16.6. The maximum absolute atomic E-state index is 13.7. The van der Waals surface area contributed by atoms with Crippen molar-refractivity contribution in [2.75, 3.05) is 11.9 Å². The normalized spacial score (nSPS) is 12.9. The van der Waals surface area contributed by atoms with E-state index in [0.717, 1.165) is 10.8 Å². The van der Waals surface area contributed by atoms with Gasteiger partial charge >= 0.3 is 6.09 Å². The molecule has 0 saturated carbocycles. The van der Waals surface area contributed by atoms with Crippen LogP contribution in [0.2, 0.25) is 0 Å². The quantitative estimate of drug-likeness (QED) is 0.404. The number of phenolic OH excluding ortho intramolecular Hbond substituents is 1. The van der Waals surface area contributed by atoms with Crippen LogP contribution in [0.4, 0.5) is 10.5 Å². The third kappa shape index (κ3) is 7.00. The van der Waals surface area contributed by atoms with Crippen molar-refractivity contribution in [3.63, 3.8) is 0 Å². The minimum atomic E-state index is -1.01. The topological polar surface area (TPSA) is 108 Å². The van der Waals surface area contributed by atoms with Crippen molar-refractivity contribution >= 4 is 34.4 Å². The number of fused-ring (bicyclic) bond motifs is 1. The first kappa shape index (κ1) is 27.5. The zero-order valence-electron chi connectivity index (χ0n) is 22.2. The molecule has 37 heavy (non-hydrogen) atoms. The largest absolute Gasteiger partial charge is 0.508 e. The van der Waals surface area contributed by atoms with Gasteiger partial charge in [-0.15, -0.1) is 0 Å². The molecule has 2 atom stereocenters. The number of carbonyl (C=O) groups is 3. The first-order valence-electron chi connectivity index (χ1n) is 12.3. The molecule has 8 heteroatoms. The molecule has 3 amide bonds. The molecular weight excluding hydrogens is 470 g/mol. The van der Waals surface area contributed by atoms with Crippen LogP contribution in [0.25, 0.3) is 10.8 Å². The Hall–Kier alpha value is -4.07. The second-order valence-electron chi connectivity index (χ2n) is 9.99. The SMILES string of the molecule is CCN(C(=O)C(C)NC(=O)OC(C)(C)C)C(C(=O)Nc1ccc2ccccc2c1)c1ccc(O)c(C)c1. The van der Waals surface area contributed by atoms with Crippen LogP contribution in [0, 0.1) is 6.92 Å². The van der Waals surface area contributed by atoms with E-state index >= 15 is 0 Å². The second-order valence-corrected chi connectivity index (χ2v) is 9.99. The zero-order valence-corrected chi connectivity index (χ0v) is 22.2. The van der Waals surface area contributed by atoms with Crippen LogP contribution in [0.3, 0.4) is 0 Å². The molecule has 3 aromatic rings. The predicted molar refractivity (Wildman–Crippen MR) is 144 cm³/mol. The molecule has 3 rings (SSSR count). The highest BCUT2D eigenvalue weighted by Gasteiger charge is 2.34. The van der Waals surface area contributed by atoms with Crippen molar-refractivity contribution in [2.45, 2.75) is 59.2 Å². The molecule has 0 bridgehead atoms. The van der Waals surface area contributed by atoms with Gasteiger partial charge in [-0.1, -0.05) is 36.4 Å². The summed E-state index contributed by atoms with van der Waals surface area (Å²) in [6, 6.07) is 16.3. The number of hydrogen-bond donors (Lipinski definition) is 3. The Labute approximate surface area is 217 Å². The van der Waals surface area contributed by atoms with Crippen molar-refractivity contribution in [3.8, 4) is 5.75 Å². The van der Waals surface area contributed by atoms with E-state index in [1.807, 2.05) is 42.5 Å². The van der Waals surface area contributed by atoms with Crippen molar-refractivity contribution in [1.29, 1.82) is 0 Å². The fourth-order valence-corrected chi connectivity index (χ4v) is 4.06. The molecule has 8 nitrogen and oxygen atoms in total. The molecule has 0 aromatic heterocycles. The molecule has 3 N–H and O–H groups in total. The third-order valence-electron chi connectivity index (χ3n) is 5.84. The standard InChI is InChI=1S/C29H35N3O5/c1-7-32(27(35)19(3)30-28(36)37-29(4,5)6)25(22-13-15-24(33)18(2)16-22)26(34)31-23-14-12-20-10-8-9-11-21(20)17-23/h8-17,19,25,33H,7H2,1-6H3,(H,30,36)(H,31,34). The molecule has 0 saturated heterocycles. The summed E-state index contributed by atoms with van der Waals surface area (Å²) in [5.74, 6) is -0.774. The average Bonchev–Trinajstić information content (AvgIpc) is 2.82. The van der Waals surface area contributed by atoms with Gasteiger partial charge in [-0.25, -0.2) is 4.79 Å². The van der Waals surface area contributed by atoms with Gasteiger partial charge in [-0.05, 0) is 87.7 Å². The van der Waals surface area contributed by atoms with Gasteiger partial charge in [0, 0.05) is 12.2 Å². The monoisotopic (exact) mass is 505 g/mol. The maximum Gasteiger partial charge on any atom is 0.408 e. The van der Waals surface area contributed by atoms with Crippen LogP contribution in [0.1, 0.15) is 51.8 Å². The minimum Gasteiger partial charge on any atom is -0.508 e. The zero-order chi connectivity index (χ0) is 27.3. The number of alkyl carbamates (subject to hydrolysis) is 1. The fraction of sp³-hybridized carbons (Fsp3) is 0.345. The number of benzene rings is 3. The number of aryl methyl sites for hydroxylation is 1. The van der Waals surface area contributed by atoms with Gasteiger partial charge in [0.15, 0.2) is 0 Å². The first-order chi connectivity index (χ1) is 17.4. The Bertz CT molecular complexity index is 1300. The number of likely N-dealkylation sites (N-methyl/N-ethyl adjacent to an activating group) is 1. The maximum atomic E-state index is 13.7. The highest BCUT2D eigenvalue weighted by Crippen LogP contribution is 2.28. The number of ether oxygens (including phenoxy) is 1. The lowest BCUT2D eigenvalue weighted by Gasteiger charge is -2.33. The molecule has 2 unspecified atom stereocenters. The van der Waals surface area contributed by atoms with Crippen LogP contribution in [0.5, 0.6) is 5.75 Å². The minimum absolute atomic E-state index is 0.0896. The summed E-state index contributed by atoms with van der Waals surface area (Å²) >= 11 is 0. The average molecular weight is 506 g/mol. The van der Waals surface area contributed by atoms with E-state index in [9.17, 15) is 19.5 Å². The van der Waals surface area contributed by atoms with Crippen LogP contribution in [-0.2, 0) is 14.3 Å². The van der Waals surface area contributed by atoms with E-state index in [-0.39, 0.29) is 12.3 Å². The van der Waals surface area contributed by atoms with Crippen LogP contribution < -0.4 is 10.6 Å². The third-order valence-corrected chi connectivity index (χ3v) is 5.84. The number of nitrogens with one attached hydrogen (secondary N) is 2. The molecule has 196 valence electrons. The van der Waals surface area contributed by atoms with Crippen molar-refractivity contribution in [3.05, 3.63) is 71.8 Å². The molecule has 0 aliphatic heterocycles. The Morgan fingerprint density at radius 2 is 1.68 bits per heavy atom. The summed E-state index contributed by atoms with van der Waals surface area (Å²) in [5.41, 5.74) is 0.980. The summed E-state index contributed by atoms with van der Waals surface area (Å²) in [6.45, 7) is 10.4. The molecule has 0 heterocycles. The Kier molecular flexibility index (Phi) is 8.42. The van der Waals surface area contributed by atoms with Crippen molar-refractivity contribution < 1.29 is 24.2 Å².